The Balaban J connectivity index is 2.28. The third kappa shape index (κ3) is 2.33. The van der Waals surface area contributed by atoms with Crippen molar-refractivity contribution >= 4 is 11.7 Å². The molecule has 2 N–H and O–H groups in total. The van der Waals surface area contributed by atoms with E-state index in [9.17, 15) is 26.7 Å². The molecule has 8 heteroatoms. The summed E-state index contributed by atoms with van der Waals surface area (Å²) >= 11 is 0. The molecule has 1 aromatic rings. The van der Waals surface area contributed by atoms with Crippen molar-refractivity contribution < 1.29 is 31.9 Å². The van der Waals surface area contributed by atoms with Gasteiger partial charge in [-0.25, -0.2) is 22.0 Å². The third-order valence-corrected chi connectivity index (χ3v) is 2.94. The molecule has 2 atom stereocenters. The quantitative estimate of drug-likeness (QED) is 0.390. The fraction of sp³-hybridized carbons (Fsp3) is 0.250. The molecule has 0 aromatic heterocycles. The minimum Gasteiger partial charge on any atom is -0.481 e. The van der Waals surface area contributed by atoms with Crippen LogP contribution in [0.5, 0.6) is 0 Å². The Morgan fingerprint density at radius 1 is 1.00 bits per heavy atom. The predicted octanol–water partition coefficient (Wildman–Crippen LogP) is 2.82. The van der Waals surface area contributed by atoms with Crippen LogP contribution in [0.25, 0.3) is 0 Å². The Hall–Kier alpha value is -2.12. The first-order valence-corrected chi connectivity index (χ1v) is 5.52. The Labute approximate surface area is 109 Å². The SMILES string of the molecule is O=C(O)C1C=CC(Nc2c(F)c(F)c(F)c(F)c2F)C1. The topological polar surface area (TPSA) is 49.3 Å². The van der Waals surface area contributed by atoms with Gasteiger partial charge in [-0.15, -0.1) is 0 Å². The van der Waals surface area contributed by atoms with E-state index in [1.54, 1.807) is 0 Å². The lowest BCUT2D eigenvalue weighted by molar-refractivity contribution is -0.140. The van der Waals surface area contributed by atoms with E-state index in [1.807, 2.05) is 0 Å². The minimum absolute atomic E-state index is 0.0468. The van der Waals surface area contributed by atoms with Gasteiger partial charge < -0.3 is 10.4 Å². The van der Waals surface area contributed by atoms with E-state index in [0.29, 0.717) is 0 Å². The summed E-state index contributed by atoms with van der Waals surface area (Å²) in [6, 6.07) is -0.829. The zero-order chi connectivity index (χ0) is 15.0. The number of hydrogen-bond donors (Lipinski definition) is 2. The zero-order valence-electron chi connectivity index (χ0n) is 9.76. The summed E-state index contributed by atoms with van der Waals surface area (Å²) in [6.07, 6.45) is 2.54. The second kappa shape index (κ2) is 5.10. The smallest absolute Gasteiger partial charge is 0.310 e. The first kappa shape index (κ1) is 14.3. The molecule has 3 nitrogen and oxygen atoms in total. The van der Waals surface area contributed by atoms with Crippen molar-refractivity contribution in [1.82, 2.24) is 0 Å². The van der Waals surface area contributed by atoms with Crippen LogP contribution in [0.3, 0.4) is 0 Å². The molecule has 0 saturated carbocycles. The maximum absolute atomic E-state index is 13.4. The summed E-state index contributed by atoms with van der Waals surface area (Å²) in [6.45, 7) is 0. The molecule has 0 heterocycles. The van der Waals surface area contributed by atoms with Crippen molar-refractivity contribution in [3.63, 3.8) is 0 Å². The molecule has 0 spiro atoms. The molecule has 1 aromatic carbocycles. The van der Waals surface area contributed by atoms with Crippen LogP contribution in [0.4, 0.5) is 27.6 Å². The average molecular weight is 293 g/mol. The van der Waals surface area contributed by atoms with Gasteiger partial charge in [-0.2, -0.15) is 0 Å². The first-order chi connectivity index (χ1) is 9.32. The summed E-state index contributed by atoms with van der Waals surface area (Å²) in [5.74, 6) is -12.3. The molecule has 0 aliphatic heterocycles. The van der Waals surface area contributed by atoms with E-state index in [4.69, 9.17) is 5.11 Å². The standard InChI is InChI=1S/C12H8F5NO2/c13-6-7(14)9(16)11(10(17)8(6)15)18-5-2-1-4(3-5)12(19)20/h1-2,4-5,18H,3H2,(H,19,20). The van der Waals surface area contributed by atoms with E-state index < -0.39 is 52.7 Å². The second-order valence-corrected chi connectivity index (χ2v) is 4.26. The number of halogens is 5. The zero-order valence-corrected chi connectivity index (χ0v) is 9.76. The first-order valence-electron chi connectivity index (χ1n) is 5.52. The van der Waals surface area contributed by atoms with Gasteiger partial charge in [-0.05, 0) is 6.42 Å². The van der Waals surface area contributed by atoms with Crippen molar-refractivity contribution in [3.05, 3.63) is 41.2 Å². The van der Waals surface area contributed by atoms with Gasteiger partial charge in [-0.3, -0.25) is 4.79 Å². The van der Waals surface area contributed by atoms with Crippen LogP contribution in [0.2, 0.25) is 0 Å². The number of carboxylic acid groups (broad SMARTS) is 1. The van der Waals surface area contributed by atoms with Crippen LogP contribution < -0.4 is 5.32 Å². The number of benzene rings is 1. The van der Waals surface area contributed by atoms with Gasteiger partial charge >= 0.3 is 5.97 Å². The summed E-state index contributed by atoms with van der Waals surface area (Å²) in [4.78, 5) is 10.7. The fourth-order valence-electron chi connectivity index (χ4n) is 1.91. The van der Waals surface area contributed by atoms with Crippen molar-refractivity contribution in [1.29, 1.82) is 0 Å². The number of anilines is 1. The highest BCUT2D eigenvalue weighted by atomic mass is 19.2. The van der Waals surface area contributed by atoms with E-state index in [2.05, 4.69) is 5.32 Å². The lowest BCUT2D eigenvalue weighted by Gasteiger charge is -2.15. The molecule has 0 saturated heterocycles. The van der Waals surface area contributed by atoms with Crippen molar-refractivity contribution in [3.8, 4) is 0 Å². The lowest BCUT2D eigenvalue weighted by atomic mass is 10.1. The Bertz CT molecular complexity index is 573. The molecule has 1 aliphatic carbocycles. The fourth-order valence-corrected chi connectivity index (χ4v) is 1.91. The third-order valence-electron chi connectivity index (χ3n) is 2.94. The maximum atomic E-state index is 13.4. The molecule has 0 amide bonds. The second-order valence-electron chi connectivity index (χ2n) is 4.26. The van der Waals surface area contributed by atoms with Crippen LogP contribution in [-0.4, -0.2) is 17.1 Å². The number of rotatable bonds is 3. The molecule has 1 aliphatic rings. The Kier molecular flexibility index (Phi) is 3.65. The van der Waals surface area contributed by atoms with Crippen LogP contribution in [0.1, 0.15) is 6.42 Å². The van der Waals surface area contributed by atoms with E-state index in [0.717, 1.165) is 0 Å². The normalized spacial score (nSPS) is 21.2. The Morgan fingerprint density at radius 2 is 1.50 bits per heavy atom. The van der Waals surface area contributed by atoms with Gasteiger partial charge in [0.2, 0.25) is 5.82 Å². The van der Waals surface area contributed by atoms with Gasteiger partial charge in [-0.1, -0.05) is 12.2 Å². The van der Waals surface area contributed by atoms with Crippen molar-refractivity contribution in [2.24, 2.45) is 5.92 Å². The highest BCUT2D eigenvalue weighted by Gasteiger charge is 2.29. The van der Waals surface area contributed by atoms with Crippen LogP contribution in [0.15, 0.2) is 12.2 Å². The van der Waals surface area contributed by atoms with Gasteiger partial charge in [0, 0.05) is 6.04 Å². The summed E-state index contributed by atoms with van der Waals surface area (Å²) in [5.41, 5.74) is -1.16. The summed E-state index contributed by atoms with van der Waals surface area (Å²) < 4.78 is 65.5. The highest BCUT2D eigenvalue weighted by molar-refractivity contribution is 5.73. The van der Waals surface area contributed by atoms with Gasteiger partial charge in [0.1, 0.15) is 5.69 Å². The van der Waals surface area contributed by atoms with E-state index in [1.165, 1.54) is 12.2 Å². The average Bonchev–Trinajstić information content (AvgIpc) is 2.88. The molecule has 0 bridgehead atoms. The van der Waals surface area contributed by atoms with Crippen molar-refractivity contribution in [2.45, 2.75) is 12.5 Å². The minimum atomic E-state index is -2.24. The highest BCUT2D eigenvalue weighted by Crippen LogP contribution is 2.30. The maximum Gasteiger partial charge on any atom is 0.310 e. The number of hydrogen-bond acceptors (Lipinski definition) is 2. The lowest BCUT2D eigenvalue weighted by Crippen LogP contribution is -2.21. The molecule has 0 fully saturated rings. The number of nitrogens with one attached hydrogen (secondary N) is 1. The van der Waals surface area contributed by atoms with Crippen LogP contribution in [-0.2, 0) is 4.79 Å². The summed E-state index contributed by atoms with van der Waals surface area (Å²) in [7, 11) is 0. The molecule has 0 radical (unpaired) electrons. The predicted molar refractivity (Wildman–Crippen MR) is 58.5 cm³/mol. The largest absolute Gasteiger partial charge is 0.481 e. The van der Waals surface area contributed by atoms with Gasteiger partial charge in [0.25, 0.3) is 0 Å². The van der Waals surface area contributed by atoms with Gasteiger partial charge in [0.15, 0.2) is 23.3 Å². The number of aliphatic carboxylic acids is 1. The molecular formula is C12H8F5NO2. The molecule has 108 valence electrons. The number of carbonyl (C=O) groups is 1. The van der Waals surface area contributed by atoms with Crippen LogP contribution in [0, 0.1) is 35.0 Å². The van der Waals surface area contributed by atoms with Gasteiger partial charge in [0.05, 0.1) is 5.92 Å². The summed E-state index contributed by atoms with van der Waals surface area (Å²) in [5, 5.41) is 10.9. The number of carboxylic acids is 1. The molecule has 2 unspecified atom stereocenters. The van der Waals surface area contributed by atoms with E-state index in [-0.39, 0.29) is 6.42 Å². The monoisotopic (exact) mass is 293 g/mol. The molecule has 2 rings (SSSR count). The van der Waals surface area contributed by atoms with E-state index >= 15 is 0 Å². The Morgan fingerprint density at radius 3 is 1.95 bits per heavy atom. The molecular weight excluding hydrogens is 285 g/mol. The van der Waals surface area contributed by atoms with Crippen molar-refractivity contribution in [2.75, 3.05) is 5.32 Å². The molecule has 20 heavy (non-hydrogen) atoms. The van der Waals surface area contributed by atoms with Crippen LogP contribution >= 0.6 is 0 Å².